The molecule has 3 aromatic rings. The monoisotopic (exact) mass is 489 g/mol. The lowest BCUT2D eigenvalue weighted by molar-refractivity contribution is -0.280. The molecule has 3 aromatic carbocycles. The highest BCUT2D eigenvalue weighted by Crippen LogP contribution is 2.30. The standard InChI is InChI=1S/C28H31N3O5/c1-32-28-25(30-31-29)27(35-19-23-15-9-4-10-16-23)26(34-18-22-13-7-3-8-14-22)24(36-28)20-33-17-21-11-5-2-6-12-21/h2-16,24-28H,17-20H2,1H3/t24-,25+,26+,27-,28-/m1/s1. The van der Waals surface area contributed by atoms with E-state index in [4.69, 9.17) is 23.7 Å². The smallest absolute Gasteiger partial charge is 0.168 e. The summed E-state index contributed by atoms with van der Waals surface area (Å²) in [4.78, 5) is 3.04. The molecule has 0 saturated carbocycles. The average Bonchev–Trinajstić information content (AvgIpc) is 2.93. The van der Waals surface area contributed by atoms with Crippen molar-refractivity contribution < 1.29 is 23.7 Å². The molecular weight excluding hydrogens is 458 g/mol. The number of benzene rings is 3. The zero-order chi connectivity index (χ0) is 25.0. The van der Waals surface area contributed by atoms with E-state index in [1.165, 1.54) is 7.11 Å². The van der Waals surface area contributed by atoms with E-state index >= 15 is 0 Å². The Morgan fingerprint density at radius 2 is 1.25 bits per heavy atom. The highest BCUT2D eigenvalue weighted by molar-refractivity contribution is 5.15. The van der Waals surface area contributed by atoms with Crippen LogP contribution in [0.2, 0.25) is 0 Å². The van der Waals surface area contributed by atoms with Crippen molar-refractivity contribution in [2.45, 2.75) is 50.5 Å². The van der Waals surface area contributed by atoms with E-state index in [-0.39, 0.29) is 6.61 Å². The van der Waals surface area contributed by atoms with Crippen LogP contribution in [-0.2, 0) is 43.5 Å². The van der Waals surface area contributed by atoms with Crippen LogP contribution in [0.25, 0.3) is 10.4 Å². The maximum Gasteiger partial charge on any atom is 0.168 e. The summed E-state index contributed by atoms with van der Waals surface area (Å²) in [6, 6.07) is 28.9. The van der Waals surface area contributed by atoms with Crippen molar-refractivity contribution in [2.75, 3.05) is 13.7 Å². The molecule has 4 rings (SSSR count). The molecule has 0 N–H and O–H groups in total. The Labute approximate surface area is 211 Å². The van der Waals surface area contributed by atoms with Crippen LogP contribution in [0.1, 0.15) is 16.7 Å². The van der Waals surface area contributed by atoms with E-state index in [0.29, 0.717) is 19.8 Å². The predicted octanol–water partition coefficient (Wildman–Crippen LogP) is 5.42. The Kier molecular flexibility index (Phi) is 9.87. The van der Waals surface area contributed by atoms with Gasteiger partial charge in [0.15, 0.2) is 6.29 Å². The van der Waals surface area contributed by atoms with Gasteiger partial charge < -0.3 is 23.7 Å². The van der Waals surface area contributed by atoms with Gasteiger partial charge in [-0.3, -0.25) is 0 Å². The first-order chi connectivity index (χ1) is 17.8. The summed E-state index contributed by atoms with van der Waals surface area (Å²) in [6.07, 6.45) is -2.49. The number of rotatable bonds is 12. The third kappa shape index (κ3) is 7.15. The van der Waals surface area contributed by atoms with Crippen LogP contribution in [0.3, 0.4) is 0 Å². The third-order valence-electron chi connectivity index (χ3n) is 6.00. The van der Waals surface area contributed by atoms with Gasteiger partial charge in [0.2, 0.25) is 0 Å². The summed E-state index contributed by atoms with van der Waals surface area (Å²) < 4.78 is 30.5. The van der Waals surface area contributed by atoms with E-state index in [0.717, 1.165) is 16.7 Å². The zero-order valence-electron chi connectivity index (χ0n) is 20.3. The molecule has 1 aliphatic rings. The van der Waals surface area contributed by atoms with Gasteiger partial charge in [-0.1, -0.05) is 96.1 Å². The molecule has 0 radical (unpaired) electrons. The Bertz CT molecular complexity index is 1080. The van der Waals surface area contributed by atoms with Gasteiger partial charge in [-0.05, 0) is 22.2 Å². The van der Waals surface area contributed by atoms with E-state index in [1.54, 1.807) is 0 Å². The molecule has 36 heavy (non-hydrogen) atoms. The van der Waals surface area contributed by atoms with Gasteiger partial charge in [0.1, 0.15) is 24.4 Å². The van der Waals surface area contributed by atoms with Crippen molar-refractivity contribution in [2.24, 2.45) is 5.11 Å². The number of ether oxygens (including phenoxy) is 5. The SMILES string of the molecule is CO[C@@H]1O[C@H](COCc2ccccc2)[C@H](OCc2ccccc2)[C@H](OCc2ccccc2)[C@@H]1N=[N+]=[N-]. The van der Waals surface area contributed by atoms with Gasteiger partial charge in [0.25, 0.3) is 0 Å². The van der Waals surface area contributed by atoms with Crippen molar-refractivity contribution in [3.8, 4) is 0 Å². The molecule has 0 spiro atoms. The van der Waals surface area contributed by atoms with Crippen molar-refractivity contribution in [1.29, 1.82) is 0 Å². The molecule has 5 atom stereocenters. The zero-order valence-corrected chi connectivity index (χ0v) is 20.3. The van der Waals surface area contributed by atoms with Crippen molar-refractivity contribution in [3.05, 3.63) is 118 Å². The van der Waals surface area contributed by atoms with Crippen LogP contribution in [-0.4, -0.2) is 44.4 Å². The predicted molar refractivity (Wildman–Crippen MR) is 135 cm³/mol. The van der Waals surface area contributed by atoms with E-state index in [9.17, 15) is 5.53 Å². The number of methoxy groups -OCH3 is 1. The Morgan fingerprint density at radius 3 is 1.75 bits per heavy atom. The molecule has 0 amide bonds. The van der Waals surface area contributed by atoms with Crippen molar-refractivity contribution in [1.82, 2.24) is 0 Å². The fourth-order valence-corrected chi connectivity index (χ4v) is 4.20. The minimum absolute atomic E-state index is 0.252. The highest BCUT2D eigenvalue weighted by Gasteiger charge is 2.47. The molecule has 188 valence electrons. The minimum atomic E-state index is -0.802. The topological polar surface area (TPSA) is 94.9 Å². The third-order valence-corrected chi connectivity index (χ3v) is 6.00. The maximum absolute atomic E-state index is 9.29. The first-order valence-corrected chi connectivity index (χ1v) is 11.9. The summed E-state index contributed by atoms with van der Waals surface area (Å²) in [5.74, 6) is 0. The van der Waals surface area contributed by atoms with Crippen LogP contribution >= 0.6 is 0 Å². The molecule has 1 fully saturated rings. The van der Waals surface area contributed by atoms with Gasteiger partial charge in [-0.25, -0.2) is 0 Å². The second kappa shape index (κ2) is 13.8. The quantitative estimate of drug-likeness (QED) is 0.192. The molecule has 0 bridgehead atoms. The first kappa shape index (κ1) is 25.9. The number of azide groups is 1. The van der Waals surface area contributed by atoms with Crippen LogP contribution in [0.5, 0.6) is 0 Å². The molecule has 8 heteroatoms. The molecule has 8 nitrogen and oxygen atoms in total. The van der Waals surface area contributed by atoms with E-state index in [2.05, 4.69) is 10.0 Å². The highest BCUT2D eigenvalue weighted by atomic mass is 16.7. The Balaban J connectivity index is 1.55. The van der Waals surface area contributed by atoms with Crippen LogP contribution in [0.15, 0.2) is 96.1 Å². The fraction of sp³-hybridized carbons (Fsp3) is 0.357. The van der Waals surface area contributed by atoms with Gasteiger partial charge in [-0.15, -0.1) is 0 Å². The largest absolute Gasteiger partial charge is 0.374 e. The Morgan fingerprint density at radius 1 is 0.750 bits per heavy atom. The molecule has 0 aliphatic carbocycles. The lowest BCUT2D eigenvalue weighted by Gasteiger charge is -2.44. The Hall–Kier alpha value is -3.23. The number of hydrogen-bond donors (Lipinski definition) is 0. The summed E-state index contributed by atoms with van der Waals surface area (Å²) >= 11 is 0. The summed E-state index contributed by atoms with van der Waals surface area (Å²) in [5, 5.41) is 3.98. The minimum Gasteiger partial charge on any atom is -0.374 e. The normalized spacial score (nSPS) is 23.6. The van der Waals surface area contributed by atoms with Crippen molar-refractivity contribution >= 4 is 0 Å². The number of hydrogen-bond acceptors (Lipinski definition) is 6. The van der Waals surface area contributed by atoms with Crippen LogP contribution in [0, 0.1) is 0 Å². The van der Waals surface area contributed by atoms with Crippen molar-refractivity contribution in [3.63, 3.8) is 0 Å². The lowest BCUT2D eigenvalue weighted by atomic mass is 9.96. The molecule has 1 saturated heterocycles. The summed E-state index contributed by atoms with van der Waals surface area (Å²) in [6.45, 7) is 1.35. The van der Waals surface area contributed by atoms with Gasteiger partial charge in [0.05, 0.1) is 26.4 Å². The molecule has 0 aromatic heterocycles. The van der Waals surface area contributed by atoms with E-state index < -0.39 is 30.6 Å². The maximum atomic E-state index is 9.29. The number of nitrogens with zero attached hydrogens (tertiary/aromatic N) is 3. The van der Waals surface area contributed by atoms with Gasteiger partial charge in [-0.2, -0.15) is 0 Å². The summed E-state index contributed by atoms with van der Waals surface area (Å²) in [7, 11) is 1.52. The second-order valence-electron chi connectivity index (χ2n) is 8.50. The summed E-state index contributed by atoms with van der Waals surface area (Å²) in [5.41, 5.74) is 12.4. The average molecular weight is 490 g/mol. The lowest BCUT2D eigenvalue weighted by Crippen LogP contribution is -2.60. The van der Waals surface area contributed by atoms with Gasteiger partial charge >= 0.3 is 0 Å². The first-order valence-electron chi connectivity index (χ1n) is 11.9. The molecule has 1 aliphatic heterocycles. The van der Waals surface area contributed by atoms with E-state index in [1.807, 2.05) is 91.0 Å². The molecule has 0 unspecified atom stereocenters. The van der Waals surface area contributed by atoms with Crippen LogP contribution in [0.4, 0.5) is 0 Å². The molecule has 1 heterocycles. The molecular formula is C28H31N3O5. The van der Waals surface area contributed by atoms with Crippen LogP contribution < -0.4 is 0 Å². The fourth-order valence-electron chi connectivity index (χ4n) is 4.20. The second-order valence-corrected chi connectivity index (χ2v) is 8.50. The van der Waals surface area contributed by atoms with Gasteiger partial charge in [0, 0.05) is 12.0 Å².